The quantitative estimate of drug-likeness (QED) is 0.630. The van der Waals surface area contributed by atoms with E-state index in [1.807, 2.05) is 7.11 Å². The van der Waals surface area contributed by atoms with E-state index < -0.39 is 0 Å². The van der Waals surface area contributed by atoms with Gasteiger partial charge in [0.25, 0.3) is 0 Å². The molecule has 0 rings (SSSR count). The molecule has 1 N–H and O–H groups in total. The van der Waals surface area contributed by atoms with E-state index in [2.05, 4.69) is 26.1 Å². The molecular formula is C11H25NO. The van der Waals surface area contributed by atoms with Gasteiger partial charge in [-0.1, -0.05) is 27.2 Å². The Morgan fingerprint density at radius 3 is 2.23 bits per heavy atom. The van der Waals surface area contributed by atoms with Crippen molar-refractivity contribution in [2.45, 2.75) is 58.6 Å². The SMILES string of the molecule is CCCNC(CCC)C(CC)OC. The van der Waals surface area contributed by atoms with Gasteiger partial charge in [-0.3, -0.25) is 0 Å². The molecule has 2 heteroatoms. The summed E-state index contributed by atoms with van der Waals surface area (Å²) < 4.78 is 5.45. The van der Waals surface area contributed by atoms with Gasteiger partial charge in [0.15, 0.2) is 0 Å². The molecule has 0 spiro atoms. The van der Waals surface area contributed by atoms with Crippen LogP contribution in [0.2, 0.25) is 0 Å². The van der Waals surface area contributed by atoms with Crippen LogP contribution in [0.5, 0.6) is 0 Å². The minimum absolute atomic E-state index is 0.381. The van der Waals surface area contributed by atoms with Gasteiger partial charge < -0.3 is 10.1 Å². The van der Waals surface area contributed by atoms with Gasteiger partial charge in [0.2, 0.25) is 0 Å². The number of rotatable bonds is 8. The Bertz CT molecular complexity index is 102. The molecule has 80 valence electrons. The summed E-state index contributed by atoms with van der Waals surface area (Å²) in [6.45, 7) is 7.71. The van der Waals surface area contributed by atoms with Gasteiger partial charge in [0.1, 0.15) is 0 Å². The predicted molar refractivity (Wildman–Crippen MR) is 58.1 cm³/mol. The van der Waals surface area contributed by atoms with Crippen LogP contribution in [0.15, 0.2) is 0 Å². The van der Waals surface area contributed by atoms with Crippen LogP contribution in [0.4, 0.5) is 0 Å². The van der Waals surface area contributed by atoms with Crippen molar-refractivity contribution in [1.29, 1.82) is 0 Å². The lowest BCUT2D eigenvalue weighted by Gasteiger charge is -2.25. The second kappa shape index (κ2) is 8.52. The molecule has 0 aliphatic heterocycles. The van der Waals surface area contributed by atoms with E-state index >= 15 is 0 Å². The van der Waals surface area contributed by atoms with Crippen LogP contribution in [0.25, 0.3) is 0 Å². The van der Waals surface area contributed by atoms with Gasteiger partial charge in [0.05, 0.1) is 6.10 Å². The summed E-state index contributed by atoms with van der Waals surface area (Å²) in [5.74, 6) is 0. The molecule has 0 aliphatic carbocycles. The van der Waals surface area contributed by atoms with Crippen LogP contribution in [0.1, 0.15) is 46.5 Å². The zero-order valence-corrected chi connectivity index (χ0v) is 9.60. The molecule has 0 aromatic heterocycles. The first kappa shape index (κ1) is 12.9. The molecule has 0 bridgehead atoms. The molecule has 13 heavy (non-hydrogen) atoms. The van der Waals surface area contributed by atoms with Crippen molar-refractivity contribution >= 4 is 0 Å². The fourth-order valence-corrected chi connectivity index (χ4v) is 1.68. The first-order valence-corrected chi connectivity index (χ1v) is 5.56. The minimum atomic E-state index is 0.381. The smallest absolute Gasteiger partial charge is 0.0721 e. The lowest BCUT2D eigenvalue weighted by molar-refractivity contribution is 0.0623. The lowest BCUT2D eigenvalue weighted by Crippen LogP contribution is -2.40. The van der Waals surface area contributed by atoms with Crippen LogP contribution in [-0.2, 0) is 4.74 Å². The molecule has 0 heterocycles. The maximum Gasteiger partial charge on any atom is 0.0721 e. The van der Waals surface area contributed by atoms with Crippen molar-refractivity contribution in [3.05, 3.63) is 0 Å². The van der Waals surface area contributed by atoms with Crippen LogP contribution < -0.4 is 5.32 Å². The molecule has 0 radical (unpaired) electrons. The molecule has 2 atom stereocenters. The van der Waals surface area contributed by atoms with Gasteiger partial charge in [-0.05, 0) is 25.8 Å². The highest BCUT2D eigenvalue weighted by Gasteiger charge is 2.17. The number of hydrogen-bond acceptors (Lipinski definition) is 2. The first-order chi connectivity index (χ1) is 6.29. The Kier molecular flexibility index (Phi) is 8.46. The van der Waals surface area contributed by atoms with Gasteiger partial charge in [-0.25, -0.2) is 0 Å². The number of hydrogen-bond donors (Lipinski definition) is 1. The predicted octanol–water partition coefficient (Wildman–Crippen LogP) is 2.58. The van der Waals surface area contributed by atoms with Crippen LogP contribution in [0.3, 0.4) is 0 Å². The molecule has 0 aliphatic rings. The third-order valence-electron chi connectivity index (χ3n) is 2.41. The van der Waals surface area contributed by atoms with E-state index in [9.17, 15) is 0 Å². The summed E-state index contributed by atoms with van der Waals surface area (Å²) in [5, 5.41) is 3.55. The Balaban J connectivity index is 3.88. The summed E-state index contributed by atoms with van der Waals surface area (Å²) in [7, 11) is 1.81. The standard InChI is InChI=1S/C11H25NO/c1-5-8-10(12-9-6-2)11(7-3)13-4/h10-12H,5-9H2,1-4H3. The van der Waals surface area contributed by atoms with Gasteiger partial charge in [-0.15, -0.1) is 0 Å². The highest BCUT2D eigenvalue weighted by atomic mass is 16.5. The van der Waals surface area contributed by atoms with E-state index in [0.29, 0.717) is 12.1 Å². The Morgan fingerprint density at radius 2 is 1.85 bits per heavy atom. The van der Waals surface area contributed by atoms with Crippen molar-refractivity contribution in [3.63, 3.8) is 0 Å². The maximum atomic E-state index is 5.45. The first-order valence-electron chi connectivity index (χ1n) is 5.56. The topological polar surface area (TPSA) is 21.3 Å². The highest BCUT2D eigenvalue weighted by molar-refractivity contribution is 4.75. The molecule has 0 fully saturated rings. The molecule has 0 amide bonds. The summed E-state index contributed by atoms with van der Waals surface area (Å²) >= 11 is 0. The fraction of sp³-hybridized carbons (Fsp3) is 1.00. The average molecular weight is 187 g/mol. The molecule has 0 saturated heterocycles. The molecule has 0 aromatic carbocycles. The molecule has 0 saturated carbocycles. The number of methoxy groups -OCH3 is 1. The van der Waals surface area contributed by atoms with Gasteiger partial charge in [-0.2, -0.15) is 0 Å². The largest absolute Gasteiger partial charge is 0.380 e. The minimum Gasteiger partial charge on any atom is -0.380 e. The molecular weight excluding hydrogens is 162 g/mol. The maximum absolute atomic E-state index is 5.45. The number of nitrogens with one attached hydrogen (secondary N) is 1. The van der Waals surface area contributed by atoms with Crippen molar-refractivity contribution in [2.24, 2.45) is 0 Å². The normalized spacial score (nSPS) is 15.7. The van der Waals surface area contributed by atoms with Crippen molar-refractivity contribution in [3.8, 4) is 0 Å². The van der Waals surface area contributed by atoms with Crippen molar-refractivity contribution < 1.29 is 4.74 Å². The van der Waals surface area contributed by atoms with Crippen LogP contribution >= 0.6 is 0 Å². The molecule has 2 nitrogen and oxygen atoms in total. The monoisotopic (exact) mass is 187 g/mol. The summed E-state index contributed by atoms with van der Waals surface area (Å²) in [6, 6.07) is 0.542. The third-order valence-corrected chi connectivity index (χ3v) is 2.41. The van der Waals surface area contributed by atoms with Crippen molar-refractivity contribution in [1.82, 2.24) is 5.32 Å². The van der Waals surface area contributed by atoms with E-state index in [1.54, 1.807) is 0 Å². The third kappa shape index (κ3) is 5.27. The zero-order valence-electron chi connectivity index (χ0n) is 9.60. The second-order valence-electron chi connectivity index (χ2n) is 3.53. The lowest BCUT2D eigenvalue weighted by atomic mass is 10.0. The Morgan fingerprint density at radius 1 is 1.15 bits per heavy atom. The van der Waals surface area contributed by atoms with Gasteiger partial charge >= 0.3 is 0 Å². The Hall–Kier alpha value is -0.0800. The van der Waals surface area contributed by atoms with E-state index in [1.165, 1.54) is 19.3 Å². The summed E-state index contributed by atoms with van der Waals surface area (Å²) in [4.78, 5) is 0. The van der Waals surface area contributed by atoms with E-state index in [4.69, 9.17) is 4.74 Å². The zero-order chi connectivity index (χ0) is 10.1. The highest BCUT2D eigenvalue weighted by Crippen LogP contribution is 2.09. The average Bonchev–Trinajstić information content (AvgIpc) is 2.16. The van der Waals surface area contributed by atoms with Crippen LogP contribution in [0, 0.1) is 0 Å². The van der Waals surface area contributed by atoms with Crippen LogP contribution in [-0.4, -0.2) is 25.8 Å². The summed E-state index contributed by atoms with van der Waals surface area (Å²) in [6.07, 6.45) is 5.11. The van der Waals surface area contributed by atoms with Gasteiger partial charge in [0, 0.05) is 13.2 Å². The van der Waals surface area contributed by atoms with E-state index in [-0.39, 0.29) is 0 Å². The number of ether oxygens (including phenoxy) is 1. The van der Waals surface area contributed by atoms with E-state index in [0.717, 1.165) is 13.0 Å². The second-order valence-corrected chi connectivity index (χ2v) is 3.53. The Labute approximate surface area is 83.1 Å². The molecule has 0 aromatic rings. The summed E-state index contributed by atoms with van der Waals surface area (Å²) in [5.41, 5.74) is 0. The van der Waals surface area contributed by atoms with Crippen molar-refractivity contribution in [2.75, 3.05) is 13.7 Å². The molecule has 2 unspecified atom stereocenters. The fourth-order valence-electron chi connectivity index (χ4n) is 1.68.